The van der Waals surface area contributed by atoms with Gasteiger partial charge in [0.1, 0.15) is 0 Å². The van der Waals surface area contributed by atoms with E-state index in [0.29, 0.717) is 6.04 Å². The fourth-order valence-corrected chi connectivity index (χ4v) is 2.32. The Morgan fingerprint density at radius 1 is 1.00 bits per heavy atom. The molecule has 1 aromatic heterocycles. The van der Waals surface area contributed by atoms with Crippen molar-refractivity contribution in [1.82, 2.24) is 10.3 Å². The summed E-state index contributed by atoms with van der Waals surface area (Å²) in [4.78, 5) is 4.05. The number of nitrogens with zero attached hydrogens (tertiary/aromatic N) is 1. The number of hydrogen-bond donors (Lipinski definition) is 1. The Hall–Kier alpha value is -0.890. The second-order valence-corrected chi connectivity index (χ2v) is 5.56. The van der Waals surface area contributed by atoms with Crippen LogP contribution in [0.3, 0.4) is 0 Å². The van der Waals surface area contributed by atoms with Crippen molar-refractivity contribution in [1.29, 1.82) is 0 Å². The molecule has 0 aliphatic heterocycles. The average molecular weight is 234 g/mol. The van der Waals surface area contributed by atoms with Gasteiger partial charge in [-0.2, -0.15) is 0 Å². The molecule has 0 radical (unpaired) electrons. The summed E-state index contributed by atoms with van der Waals surface area (Å²) in [7, 11) is 0. The van der Waals surface area contributed by atoms with Gasteiger partial charge in [-0.3, -0.25) is 4.98 Å². The average Bonchev–Trinajstić information content (AvgIpc) is 2.29. The molecule has 0 aliphatic rings. The zero-order chi connectivity index (χ0) is 12.8. The minimum Gasteiger partial charge on any atom is -0.310 e. The summed E-state index contributed by atoms with van der Waals surface area (Å²) in [6.45, 7) is 12.5. The van der Waals surface area contributed by atoms with E-state index in [1.165, 1.54) is 5.56 Å². The maximum Gasteiger partial charge on any atom is 0.0293 e. The van der Waals surface area contributed by atoms with Crippen molar-refractivity contribution >= 4 is 0 Å². The molecule has 0 bridgehead atoms. The lowest BCUT2D eigenvalue weighted by Gasteiger charge is -2.27. The first kappa shape index (κ1) is 14.2. The van der Waals surface area contributed by atoms with Crippen molar-refractivity contribution in [3.63, 3.8) is 0 Å². The molecular formula is C15H26N2. The van der Waals surface area contributed by atoms with Crippen molar-refractivity contribution in [3.05, 3.63) is 30.1 Å². The lowest BCUT2D eigenvalue weighted by molar-refractivity contribution is 0.268. The predicted octanol–water partition coefficient (Wildman–Crippen LogP) is 3.66. The number of rotatable bonds is 6. The molecule has 1 N–H and O–H groups in total. The van der Waals surface area contributed by atoms with Crippen molar-refractivity contribution in [2.45, 2.75) is 40.7 Å². The van der Waals surface area contributed by atoms with E-state index in [-0.39, 0.29) is 0 Å². The molecule has 1 atom stereocenters. The Labute approximate surface area is 106 Å². The fourth-order valence-electron chi connectivity index (χ4n) is 2.32. The normalized spacial score (nSPS) is 13.6. The SMILES string of the molecule is CC(NCC(C(C)C)C(C)C)c1ccncc1. The zero-order valence-corrected chi connectivity index (χ0v) is 11.8. The summed E-state index contributed by atoms with van der Waals surface area (Å²) < 4.78 is 0. The van der Waals surface area contributed by atoms with Gasteiger partial charge in [0.2, 0.25) is 0 Å². The highest BCUT2D eigenvalue weighted by atomic mass is 14.9. The third-order valence-electron chi connectivity index (χ3n) is 3.58. The zero-order valence-electron chi connectivity index (χ0n) is 11.8. The Balaban J connectivity index is 2.50. The van der Waals surface area contributed by atoms with Gasteiger partial charge in [-0.1, -0.05) is 27.7 Å². The second-order valence-electron chi connectivity index (χ2n) is 5.56. The molecule has 1 aromatic rings. The first-order valence-electron chi connectivity index (χ1n) is 6.65. The van der Waals surface area contributed by atoms with Crippen LogP contribution in [0.1, 0.15) is 46.2 Å². The van der Waals surface area contributed by atoms with Gasteiger partial charge in [0.25, 0.3) is 0 Å². The molecule has 17 heavy (non-hydrogen) atoms. The van der Waals surface area contributed by atoms with Gasteiger partial charge in [0.05, 0.1) is 0 Å². The van der Waals surface area contributed by atoms with Crippen LogP contribution < -0.4 is 5.32 Å². The smallest absolute Gasteiger partial charge is 0.0293 e. The summed E-state index contributed by atoms with van der Waals surface area (Å²) in [6.07, 6.45) is 3.71. The first-order chi connectivity index (χ1) is 8.02. The molecular weight excluding hydrogens is 208 g/mol. The van der Waals surface area contributed by atoms with E-state index in [0.717, 1.165) is 24.3 Å². The minimum absolute atomic E-state index is 0.401. The van der Waals surface area contributed by atoms with E-state index in [1.54, 1.807) is 0 Å². The maximum atomic E-state index is 4.05. The number of nitrogens with one attached hydrogen (secondary N) is 1. The van der Waals surface area contributed by atoms with Crippen molar-refractivity contribution in [2.75, 3.05) is 6.54 Å². The van der Waals surface area contributed by atoms with Crippen molar-refractivity contribution in [3.8, 4) is 0 Å². The topological polar surface area (TPSA) is 24.9 Å². The molecule has 1 unspecified atom stereocenters. The molecule has 2 nitrogen and oxygen atoms in total. The molecule has 0 saturated heterocycles. The van der Waals surface area contributed by atoms with Crippen LogP contribution in [-0.2, 0) is 0 Å². The van der Waals surface area contributed by atoms with Crippen LogP contribution in [-0.4, -0.2) is 11.5 Å². The Kier molecular flexibility index (Phi) is 5.63. The van der Waals surface area contributed by atoms with Crippen LogP contribution in [0, 0.1) is 17.8 Å². The summed E-state index contributed by atoms with van der Waals surface area (Å²) in [5, 5.41) is 3.63. The highest BCUT2D eigenvalue weighted by Gasteiger charge is 2.18. The molecule has 2 heteroatoms. The number of aromatic nitrogens is 1. The maximum absolute atomic E-state index is 4.05. The molecule has 1 rings (SSSR count). The highest BCUT2D eigenvalue weighted by Crippen LogP contribution is 2.21. The van der Waals surface area contributed by atoms with Gasteiger partial charge in [0, 0.05) is 18.4 Å². The van der Waals surface area contributed by atoms with Crippen LogP contribution >= 0.6 is 0 Å². The van der Waals surface area contributed by atoms with Gasteiger partial charge in [-0.05, 0) is 48.9 Å². The fraction of sp³-hybridized carbons (Fsp3) is 0.667. The van der Waals surface area contributed by atoms with E-state index >= 15 is 0 Å². The Bertz CT molecular complexity index is 298. The lowest BCUT2D eigenvalue weighted by atomic mass is 9.85. The standard InChI is InChI=1S/C15H26N2/c1-11(2)15(12(3)4)10-17-13(5)14-6-8-16-9-7-14/h6-9,11-13,15,17H,10H2,1-5H3. The monoisotopic (exact) mass is 234 g/mol. The third-order valence-corrected chi connectivity index (χ3v) is 3.58. The molecule has 0 saturated carbocycles. The van der Waals surface area contributed by atoms with Crippen molar-refractivity contribution in [2.24, 2.45) is 17.8 Å². The minimum atomic E-state index is 0.401. The summed E-state index contributed by atoms with van der Waals surface area (Å²) in [5.41, 5.74) is 1.31. The van der Waals surface area contributed by atoms with Gasteiger partial charge < -0.3 is 5.32 Å². The lowest BCUT2D eigenvalue weighted by Crippen LogP contribution is -2.31. The molecule has 0 aliphatic carbocycles. The van der Waals surface area contributed by atoms with Crippen molar-refractivity contribution < 1.29 is 0 Å². The first-order valence-corrected chi connectivity index (χ1v) is 6.65. The molecule has 96 valence electrons. The van der Waals surface area contributed by atoms with Gasteiger partial charge in [-0.25, -0.2) is 0 Å². The quantitative estimate of drug-likeness (QED) is 0.812. The highest BCUT2D eigenvalue weighted by molar-refractivity contribution is 5.13. The predicted molar refractivity (Wildman–Crippen MR) is 73.8 cm³/mol. The van der Waals surface area contributed by atoms with E-state index in [9.17, 15) is 0 Å². The molecule has 0 spiro atoms. The van der Waals surface area contributed by atoms with Crippen LogP contribution in [0.15, 0.2) is 24.5 Å². The summed E-state index contributed by atoms with van der Waals surface area (Å²) >= 11 is 0. The van der Waals surface area contributed by atoms with Gasteiger partial charge in [-0.15, -0.1) is 0 Å². The second kappa shape index (κ2) is 6.75. The van der Waals surface area contributed by atoms with E-state index in [1.807, 2.05) is 12.4 Å². The van der Waals surface area contributed by atoms with Crippen LogP contribution in [0.2, 0.25) is 0 Å². The van der Waals surface area contributed by atoms with E-state index in [4.69, 9.17) is 0 Å². The summed E-state index contributed by atoms with van der Waals surface area (Å²) in [6, 6.07) is 4.56. The largest absolute Gasteiger partial charge is 0.310 e. The van der Waals surface area contributed by atoms with Crippen LogP contribution in [0.25, 0.3) is 0 Å². The Morgan fingerprint density at radius 3 is 2.00 bits per heavy atom. The Morgan fingerprint density at radius 2 is 1.53 bits per heavy atom. The van der Waals surface area contributed by atoms with Crippen LogP contribution in [0.5, 0.6) is 0 Å². The molecule has 0 aromatic carbocycles. The van der Waals surface area contributed by atoms with E-state index < -0.39 is 0 Å². The molecule has 1 heterocycles. The summed E-state index contributed by atoms with van der Waals surface area (Å²) in [5.74, 6) is 2.19. The van der Waals surface area contributed by atoms with Gasteiger partial charge in [0.15, 0.2) is 0 Å². The van der Waals surface area contributed by atoms with Crippen LogP contribution in [0.4, 0.5) is 0 Å². The third kappa shape index (κ3) is 4.47. The van der Waals surface area contributed by atoms with E-state index in [2.05, 4.69) is 57.1 Å². The number of hydrogen-bond acceptors (Lipinski definition) is 2. The number of pyridine rings is 1. The van der Waals surface area contributed by atoms with Gasteiger partial charge >= 0.3 is 0 Å². The molecule has 0 fully saturated rings. The molecule has 0 amide bonds.